The topological polar surface area (TPSA) is 96.1 Å². The predicted octanol–water partition coefficient (Wildman–Crippen LogP) is 4.05. The van der Waals surface area contributed by atoms with Gasteiger partial charge in [0.15, 0.2) is 0 Å². The number of aromatic amines is 1. The van der Waals surface area contributed by atoms with Crippen molar-refractivity contribution in [2.75, 3.05) is 0 Å². The van der Waals surface area contributed by atoms with E-state index in [1.807, 2.05) is 66.3 Å². The molecule has 7 heteroatoms. The van der Waals surface area contributed by atoms with Crippen LogP contribution < -0.4 is 0 Å². The molecule has 0 fully saturated rings. The van der Waals surface area contributed by atoms with Crippen molar-refractivity contribution < 1.29 is 0 Å². The van der Waals surface area contributed by atoms with Crippen LogP contribution in [0.4, 0.5) is 0 Å². The monoisotopic (exact) mass is 377 g/mol. The first-order valence-electron chi connectivity index (χ1n) is 9.05. The van der Waals surface area contributed by atoms with Gasteiger partial charge in [0.25, 0.3) is 0 Å². The number of tetrazole rings is 1. The van der Waals surface area contributed by atoms with Crippen molar-refractivity contribution in [2.45, 2.75) is 6.92 Å². The number of nitriles is 1. The number of H-pyrrole nitrogens is 1. The summed E-state index contributed by atoms with van der Waals surface area (Å²) in [6.45, 7) is 1.95. The van der Waals surface area contributed by atoms with Crippen LogP contribution in [0, 0.1) is 18.3 Å². The van der Waals surface area contributed by atoms with Crippen molar-refractivity contribution in [1.29, 1.82) is 5.26 Å². The van der Waals surface area contributed by atoms with Gasteiger partial charge in [-0.15, -0.1) is 10.2 Å². The van der Waals surface area contributed by atoms with Gasteiger partial charge >= 0.3 is 0 Å². The molecule has 0 saturated heterocycles. The molecule has 2 heterocycles. The second kappa shape index (κ2) is 6.69. The summed E-state index contributed by atoms with van der Waals surface area (Å²) in [5.41, 5.74) is 7.51. The molecule has 5 rings (SSSR count). The smallest absolute Gasteiger partial charge is 0.204 e. The molecule has 0 amide bonds. The van der Waals surface area contributed by atoms with E-state index in [4.69, 9.17) is 5.26 Å². The van der Waals surface area contributed by atoms with E-state index in [2.05, 4.69) is 43.8 Å². The van der Waals surface area contributed by atoms with Crippen molar-refractivity contribution in [2.24, 2.45) is 0 Å². The predicted molar refractivity (Wildman–Crippen MR) is 109 cm³/mol. The van der Waals surface area contributed by atoms with E-state index in [1.165, 1.54) is 0 Å². The van der Waals surface area contributed by atoms with Crippen LogP contribution in [-0.2, 0) is 0 Å². The number of nitrogens with one attached hydrogen (secondary N) is 1. The van der Waals surface area contributed by atoms with E-state index in [9.17, 15) is 0 Å². The van der Waals surface area contributed by atoms with Crippen molar-refractivity contribution in [3.63, 3.8) is 0 Å². The van der Waals surface area contributed by atoms with Crippen molar-refractivity contribution in [3.05, 3.63) is 78.1 Å². The average Bonchev–Trinajstić information content (AvgIpc) is 3.43. The minimum absolute atomic E-state index is 0.543. The Hall–Kier alpha value is -4.31. The molecule has 29 heavy (non-hydrogen) atoms. The lowest BCUT2D eigenvalue weighted by Crippen LogP contribution is -1.93. The Morgan fingerprint density at radius 3 is 2.62 bits per heavy atom. The van der Waals surface area contributed by atoms with Gasteiger partial charge in [-0.1, -0.05) is 24.3 Å². The lowest BCUT2D eigenvalue weighted by molar-refractivity contribution is 0.881. The third kappa shape index (κ3) is 2.93. The van der Waals surface area contributed by atoms with Crippen LogP contribution in [0.2, 0.25) is 0 Å². The molecule has 0 aliphatic carbocycles. The first-order chi connectivity index (χ1) is 14.2. The molecule has 5 aromatic rings. The van der Waals surface area contributed by atoms with E-state index in [-0.39, 0.29) is 0 Å². The van der Waals surface area contributed by atoms with E-state index < -0.39 is 0 Å². The molecule has 0 atom stereocenters. The van der Waals surface area contributed by atoms with Gasteiger partial charge in [-0.2, -0.15) is 10.5 Å². The van der Waals surface area contributed by atoms with Crippen LogP contribution in [0.5, 0.6) is 0 Å². The van der Waals surface area contributed by atoms with Crippen LogP contribution in [0.15, 0.2) is 67.0 Å². The fourth-order valence-electron chi connectivity index (χ4n) is 3.44. The molecule has 138 valence electrons. The van der Waals surface area contributed by atoms with Crippen LogP contribution in [0.25, 0.3) is 39.2 Å². The molecule has 3 aromatic carbocycles. The molecule has 0 radical (unpaired) electrons. The van der Waals surface area contributed by atoms with Gasteiger partial charge < -0.3 is 0 Å². The first kappa shape index (κ1) is 16.8. The maximum atomic E-state index is 9.17. The Balaban J connectivity index is 1.61. The van der Waals surface area contributed by atoms with Gasteiger partial charge in [0.2, 0.25) is 5.82 Å². The third-order valence-electron chi connectivity index (χ3n) is 4.96. The Kier molecular flexibility index (Phi) is 3.88. The summed E-state index contributed by atoms with van der Waals surface area (Å²) in [6.07, 6.45) is 1.81. The number of rotatable bonds is 3. The second-order valence-electron chi connectivity index (χ2n) is 6.75. The van der Waals surface area contributed by atoms with Crippen LogP contribution in [0.3, 0.4) is 0 Å². The number of aryl methyl sites for hydroxylation is 1. The summed E-state index contributed by atoms with van der Waals surface area (Å²) in [5, 5.41) is 23.4. The molecule has 0 aliphatic rings. The molecule has 2 aromatic heterocycles. The van der Waals surface area contributed by atoms with E-state index in [0.717, 1.165) is 39.0 Å². The summed E-state index contributed by atoms with van der Waals surface area (Å²) < 4.78 is 2.04. The molecule has 0 saturated carbocycles. The minimum Gasteiger partial charge on any atom is -0.299 e. The lowest BCUT2D eigenvalue weighted by Gasteiger charge is -2.09. The summed E-state index contributed by atoms with van der Waals surface area (Å²) in [4.78, 5) is 4.52. The largest absolute Gasteiger partial charge is 0.299 e. The number of nitrogens with zero attached hydrogens (tertiary/aromatic N) is 6. The van der Waals surface area contributed by atoms with Crippen molar-refractivity contribution >= 4 is 11.0 Å². The highest BCUT2D eigenvalue weighted by atomic mass is 15.5. The van der Waals surface area contributed by atoms with E-state index >= 15 is 0 Å². The van der Waals surface area contributed by atoms with Crippen LogP contribution >= 0.6 is 0 Å². The zero-order valence-corrected chi connectivity index (χ0v) is 15.5. The number of hydrogen-bond donors (Lipinski definition) is 1. The highest BCUT2D eigenvalue weighted by molar-refractivity contribution is 5.82. The van der Waals surface area contributed by atoms with Gasteiger partial charge in [-0.3, -0.25) is 4.57 Å². The SMILES string of the molecule is Cc1cc(-c2cccc(-n3cnc4ccc(-c5nn[nH]n5)cc43)c2)ccc1C#N. The van der Waals surface area contributed by atoms with Crippen LogP contribution in [0.1, 0.15) is 11.1 Å². The molecular weight excluding hydrogens is 362 g/mol. The second-order valence-corrected chi connectivity index (χ2v) is 6.75. The van der Waals surface area contributed by atoms with Gasteiger partial charge in [0.05, 0.1) is 22.7 Å². The fourth-order valence-corrected chi connectivity index (χ4v) is 3.44. The summed E-state index contributed by atoms with van der Waals surface area (Å²) >= 11 is 0. The van der Waals surface area contributed by atoms with Gasteiger partial charge in [0, 0.05) is 11.3 Å². The molecule has 0 bridgehead atoms. The van der Waals surface area contributed by atoms with E-state index in [0.29, 0.717) is 11.4 Å². The Bertz CT molecular complexity index is 1370. The Morgan fingerprint density at radius 2 is 1.83 bits per heavy atom. The molecule has 0 aliphatic heterocycles. The van der Waals surface area contributed by atoms with Crippen molar-refractivity contribution in [1.82, 2.24) is 30.2 Å². The summed E-state index contributed by atoms with van der Waals surface area (Å²) in [7, 11) is 0. The minimum atomic E-state index is 0.543. The lowest BCUT2D eigenvalue weighted by atomic mass is 10.00. The maximum absolute atomic E-state index is 9.17. The standard InChI is InChI=1S/C22H15N7/c1-14-9-16(5-6-18(14)12-23)15-3-2-4-19(10-15)29-13-24-20-8-7-17(11-21(20)29)22-25-27-28-26-22/h2-11,13H,1H3,(H,25,26,27,28). The molecule has 0 spiro atoms. The Morgan fingerprint density at radius 1 is 0.966 bits per heavy atom. The third-order valence-corrected chi connectivity index (χ3v) is 4.96. The Labute approximate surface area is 166 Å². The maximum Gasteiger partial charge on any atom is 0.204 e. The number of imidazole rings is 1. The van der Waals surface area contributed by atoms with Crippen LogP contribution in [-0.4, -0.2) is 30.2 Å². The number of hydrogen-bond acceptors (Lipinski definition) is 5. The van der Waals surface area contributed by atoms with E-state index in [1.54, 1.807) is 0 Å². The van der Waals surface area contributed by atoms with Crippen molar-refractivity contribution in [3.8, 4) is 34.3 Å². The highest BCUT2D eigenvalue weighted by Crippen LogP contribution is 2.27. The van der Waals surface area contributed by atoms with Gasteiger partial charge in [-0.05, 0) is 65.2 Å². The molecular formula is C22H15N7. The fraction of sp³-hybridized carbons (Fsp3) is 0.0455. The molecule has 7 nitrogen and oxygen atoms in total. The quantitative estimate of drug-likeness (QED) is 0.512. The zero-order chi connectivity index (χ0) is 19.8. The van der Waals surface area contributed by atoms with Gasteiger partial charge in [0.1, 0.15) is 6.33 Å². The number of benzene rings is 3. The highest BCUT2D eigenvalue weighted by Gasteiger charge is 2.10. The van der Waals surface area contributed by atoms with Gasteiger partial charge in [-0.25, -0.2) is 4.98 Å². The number of aromatic nitrogens is 6. The summed E-state index contributed by atoms with van der Waals surface area (Å²) in [6, 6.07) is 22.2. The molecule has 0 unspecified atom stereocenters. The normalized spacial score (nSPS) is 10.9. The average molecular weight is 377 g/mol. The first-order valence-corrected chi connectivity index (χ1v) is 9.05. The number of fused-ring (bicyclic) bond motifs is 1. The molecule has 1 N–H and O–H groups in total. The summed E-state index contributed by atoms with van der Waals surface area (Å²) in [5.74, 6) is 0.543. The zero-order valence-electron chi connectivity index (χ0n) is 15.5.